The maximum atomic E-state index is 13.0. The first-order valence-corrected chi connectivity index (χ1v) is 9.62. The quantitative estimate of drug-likeness (QED) is 0.722. The van der Waals surface area contributed by atoms with E-state index in [9.17, 15) is 13.2 Å². The molecule has 6 nitrogen and oxygen atoms in total. The van der Waals surface area contributed by atoms with Gasteiger partial charge in [0.2, 0.25) is 15.0 Å². The van der Waals surface area contributed by atoms with Crippen LogP contribution in [0.25, 0.3) is 5.52 Å². The summed E-state index contributed by atoms with van der Waals surface area (Å²) in [4.78, 5) is 18.6. The van der Waals surface area contributed by atoms with Crippen molar-refractivity contribution in [2.24, 2.45) is 0 Å². The van der Waals surface area contributed by atoms with E-state index in [0.29, 0.717) is 5.52 Å². The van der Waals surface area contributed by atoms with Crippen LogP contribution in [0.2, 0.25) is 0 Å². The van der Waals surface area contributed by atoms with Gasteiger partial charge in [-0.15, -0.1) is 0 Å². The van der Waals surface area contributed by atoms with E-state index >= 15 is 0 Å². The van der Waals surface area contributed by atoms with Crippen molar-refractivity contribution in [3.63, 3.8) is 0 Å². The molecule has 0 aliphatic heterocycles. The first-order valence-electron chi connectivity index (χ1n) is 7.72. The Morgan fingerprint density at radius 2 is 1.88 bits per heavy atom. The highest BCUT2D eigenvalue weighted by Gasteiger charge is 2.25. The Morgan fingerprint density at radius 3 is 2.52 bits per heavy atom. The van der Waals surface area contributed by atoms with Gasteiger partial charge in [-0.3, -0.25) is 9.20 Å². The Kier molecular flexibility index (Phi) is 4.12. The minimum absolute atomic E-state index is 0.114. The summed E-state index contributed by atoms with van der Waals surface area (Å²) in [6.07, 6.45) is 2.67. The summed E-state index contributed by atoms with van der Waals surface area (Å²) in [6.45, 7) is 3.92. The lowest BCUT2D eigenvalue weighted by Crippen LogP contribution is -2.27. The molecule has 1 aromatic carbocycles. The Hall–Kier alpha value is -2.67. The molecule has 0 unspecified atom stereocenters. The molecule has 3 rings (SSSR count). The molecular weight excluding hydrogens is 338 g/mol. The molecule has 7 heteroatoms. The van der Waals surface area contributed by atoms with E-state index in [2.05, 4.69) is 4.98 Å². The lowest BCUT2D eigenvalue weighted by atomic mass is 10.1. The van der Waals surface area contributed by atoms with Crippen LogP contribution in [0.4, 0.5) is 5.69 Å². The Bertz CT molecular complexity index is 1080. The molecular formula is C18H19N3O3S. The summed E-state index contributed by atoms with van der Waals surface area (Å²) < 4.78 is 25.4. The highest BCUT2D eigenvalue weighted by molar-refractivity contribution is 7.90. The molecule has 0 saturated heterocycles. The summed E-state index contributed by atoms with van der Waals surface area (Å²) in [7, 11) is -1.90. The van der Waals surface area contributed by atoms with Crippen LogP contribution < -0.4 is 4.90 Å². The number of sulfone groups is 1. The molecule has 0 bridgehead atoms. The molecule has 0 N–H and O–H groups in total. The normalized spacial score (nSPS) is 11.7. The average molecular weight is 357 g/mol. The van der Waals surface area contributed by atoms with Crippen molar-refractivity contribution in [3.05, 3.63) is 59.4 Å². The molecule has 25 heavy (non-hydrogen) atoms. The minimum Gasteiger partial charge on any atom is -0.310 e. The fraction of sp³-hybridized carbons (Fsp3) is 0.222. The van der Waals surface area contributed by atoms with Crippen LogP contribution >= 0.6 is 0 Å². The number of pyridine rings is 1. The molecule has 2 heterocycles. The number of nitrogens with zero attached hydrogens (tertiary/aromatic N) is 3. The van der Waals surface area contributed by atoms with E-state index in [1.54, 1.807) is 31.4 Å². The number of carbonyl (C=O) groups is 1. The van der Waals surface area contributed by atoms with E-state index in [1.165, 1.54) is 9.30 Å². The van der Waals surface area contributed by atoms with Crippen LogP contribution in [0.15, 0.2) is 47.8 Å². The summed E-state index contributed by atoms with van der Waals surface area (Å²) in [5.74, 6) is -0.356. The second kappa shape index (κ2) is 6.00. The fourth-order valence-corrected chi connectivity index (χ4v) is 3.65. The number of amides is 1. The number of hydrogen-bond acceptors (Lipinski definition) is 4. The van der Waals surface area contributed by atoms with Crippen molar-refractivity contribution >= 4 is 26.9 Å². The third-order valence-electron chi connectivity index (χ3n) is 4.07. The van der Waals surface area contributed by atoms with Crippen molar-refractivity contribution in [2.45, 2.75) is 19.0 Å². The average Bonchev–Trinajstić information content (AvgIpc) is 2.93. The minimum atomic E-state index is -3.57. The van der Waals surface area contributed by atoms with Crippen molar-refractivity contribution < 1.29 is 13.2 Å². The van der Waals surface area contributed by atoms with Crippen LogP contribution in [0.5, 0.6) is 0 Å². The first kappa shape index (κ1) is 17.2. The number of hydrogen-bond donors (Lipinski definition) is 0. The largest absolute Gasteiger partial charge is 0.310 e. The highest BCUT2D eigenvalue weighted by atomic mass is 32.2. The molecule has 0 aliphatic rings. The topological polar surface area (TPSA) is 71.8 Å². The number of anilines is 1. The molecule has 0 fully saturated rings. The monoisotopic (exact) mass is 357 g/mol. The van der Waals surface area contributed by atoms with E-state index in [1.807, 2.05) is 32.0 Å². The number of aryl methyl sites for hydroxylation is 2. The number of imidazole rings is 1. The molecule has 0 aliphatic carbocycles. The first-order chi connectivity index (χ1) is 11.7. The lowest BCUT2D eigenvalue weighted by molar-refractivity contribution is 0.0990. The lowest BCUT2D eigenvalue weighted by Gasteiger charge is -2.19. The molecule has 3 aromatic rings. The van der Waals surface area contributed by atoms with Crippen LogP contribution in [0, 0.1) is 13.8 Å². The van der Waals surface area contributed by atoms with Gasteiger partial charge in [0.05, 0.1) is 5.52 Å². The summed E-state index contributed by atoms with van der Waals surface area (Å²) in [6, 6.07) is 10.9. The zero-order chi connectivity index (χ0) is 18.4. The Morgan fingerprint density at radius 1 is 1.16 bits per heavy atom. The maximum Gasteiger partial charge on any atom is 0.278 e. The van der Waals surface area contributed by atoms with Crippen LogP contribution in [0.1, 0.15) is 21.6 Å². The maximum absolute atomic E-state index is 13.0. The number of rotatable bonds is 3. The van der Waals surface area contributed by atoms with Gasteiger partial charge in [0.15, 0.2) is 5.69 Å². The van der Waals surface area contributed by atoms with Crippen molar-refractivity contribution in [1.82, 2.24) is 9.38 Å². The second-order valence-electron chi connectivity index (χ2n) is 6.13. The molecule has 130 valence electrons. The summed E-state index contributed by atoms with van der Waals surface area (Å²) >= 11 is 0. The predicted molar refractivity (Wildman–Crippen MR) is 97.0 cm³/mol. The summed E-state index contributed by atoms with van der Waals surface area (Å²) in [5, 5.41) is -0.138. The smallest absolute Gasteiger partial charge is 0.278 e. The van der Waals surface area contributed by atoms with Crippen molar-refractivity contribution in [1.29, 1.82) is 0 Å². The van der Waals surface area contributed by atoms with Gasteiger partial charge in [-0.05, 0) is 37.6 Å². The third-order valence-corrected chi connectivity index (χ3v) is 5.02. The standard InChI is InChI=1S/C18H19N3O3S/c1-12-8-9-14(13(2)11-12)20(3)17(22)16-15-7-5-6-10-21(15)18(19-16)25(4,23)24/h5-11H,1-4H3. The zero-order valence-electron chi connectivity index (χ0n) is 14.5. The molecule has 0 saturated carbocycles. The van der Waals surface area contributed by atoms with Crippen LogP contribution in [0.3, 0.4) is 0 Å². The highest BCUT2D eigenvalue weighted by Crippen LogP contribution is 2.24. The van der Waals surface area contributed by atoms with Gasteiger partial charge in [0.1, 0.15) is 0 Å². The van der Waals surface area contributed by atoms with Crippen molar-refractivity contribution in [3.8, 4) is 0 Å². The fourth-order valence-electron chi connectivity index (χ4n) is 2.88. The molecule has 1 amide bonds. The number of carbonyl (C=O) groups excluding carboxylic acids is 1. The molecule has 0 spiro atoms. The van der Waals surface area contributed by atoms with E-state index < -0.39 is 9.84 Å². The zero-order valence-corrected chi connectivity index (χ0v) is 15.3. The number of benzene rings is 1. The van der Waals surface area contributed by atoms with Gasteiger partial charge in [-0.1, -0.05) is 23.8 Å². The predicted octanol–water partition coefficient (Wildman–Crippen LogP) is 2.63. The third kappa shape index (κ3) is 3.02. The number of fused-ring (bicyclic) bond motifs is 1. The second-order valence-corrected chi connectivity index (χ2v) is 8.03. The molecule has 0 atom stereocenters. The molecule has 2 aromatic heterocycles. The number of aromatic nitrogens is 2. The van der Waals surface area contributed by atoms with Crippen LogP contribution in [-0.4, -0.2) is 37.0 Å². The van der Waals surface area contributed by atoms with Crippen molar-refractivity contribution in [2.75, 3.05) is 18.2 Å². The van der Waals surface area contributed by atoms with E-state index in [4.69, 9.17) is 0 Å². The SMILES string of the molecule is Cc1ccc(N(C)C(=O)c2nc(S(C)(=O)=O)n3ccccc23)c(C)c1. The van der Waals surface area contributed by atoms with Gasteiger partial charge in [-0.2, -0.15) is 0 Å². The summed E-state index contributed by atoms with van der Waals surface area (Å²) in [5.41, 5.74) is 3.40. The van der Waals surface area contributed by atoms with Gasteiger partial charge in [0.25, 0.3) is 5.91 Å². The van der Waals surface area contributed by atoms with E-state index in [-0.39, 0.29) is 16.8 Å². The van der Waals surface area contributed by atoms with Crippen LogP contribution in [-0.2, 0) is 9.84 Å². The Balaban J connectivity index is 2.14. The van der Waals surface area contributed by atoms with Gasteiger partial charge in [0, 0.05) is 25.2 Å². The molecule has 0 radical (unpaired) electrons. The van der Waals surface area contributed by atoms with E-state index in [0.717, 1.165) is 23.1 Å². The van der Waals surface area contributed by atoms with Gasteiger partial charge in [-0.25, -0.2) is 13.4 Å². The van der Waals surface area contributed by atoms with Gasteiger partial charge < -0.3 is 4.90 Å². The van der Waals surface area contributed by atoms with Gasteiger partial charge >= 0.3 is 0 Å². The Labute approximate surface area is 146 Å².